The highest BCUT2D eigenvalue weighted by molar-refractivity contribution is 7.92. The minimum atomic E-state index is -4.21. The summed E-state index contributed by atoms with van der Waals surface area (Å²) in [6.07, 6.45) is 0.248. The number of nitrogens with one attached hydrogen (secondary N) is 1. The highest BCUT2D eigenvalue weighted by Crippen LogP contribution is 2.33. The molecule has 4 aromatic rings. The molecule has 4 rings (SSSR count). The Kier molecular flexibility index (Phi) is 9.98. The molecule has 42 heavy (non-hydrogen) atoms. The second-order valence-corrected chi connectivity index (χ2v) is 11.7. The first kappa shape index (κ1) is 30.3. The molecule has 0 aliphatic carbocycles. The fraction of sp³-hybridized carbons (Fsp3) is 0.212. The smallest absolute Gasteiger partial charge is 0.264 e. The van der Waals surface area contributed by atoms with Crippen LogP contribution in [0, 0.1) is 6.92 Å². The number of amides is 2. The number of hydrogen-bond donors (Lipinski definition) is 1. The van der Waals surface area contributed by atoms with Crippen LogP contribution in [0.2, 0.25) is 0 Å². The summed E-state index contributed by atoms with van der Waals surface area (Å²) in [5.74, 6) is -0.588. The molecule has 218 valence electrons. The standard InChI is InChI=1S/C33H35N3O5S/c1-25-19-20-31(41-3)29(21-25)36(42(39,40)28-17-11-6-12-18-28)24-32(37)35(23-27-15-9-5-10-16-27)30(33(38)34-2)22-26-13-7-4-8-14-26/h4-21,30H,22-24H2,1-3H3,(H,34,38). The summed E-state index contributed by atoms with van der Waals surface area (Å²) in [6, 6.07) is 30.9. The van der Waals surface area contributed by atoms with Crippen LogP contribution >= 0.6 is 0 Å². The molecule has 4 aromatic carbocycles. The van der Waals surface area contributed by atoms with Crippen LogP contribution in [-0.4, -0.2) is 51.9 Å². The number of methoxy groups -OCH3 is 1. The van der Waals surface area contributed by atoms with E-state index >= 15 is 0 Å². The van der Waals surface area contributed by atoms with Crippen molar-refractivity contribution in [2.24, 2.45) is 0 Å². The van der Waals surface area contributed by atoms with Crippen LogP contribution in [0.3, 0.4) is 0 Å². The van der Waals surface area contributed by atoms with E-state index in [4.69, 9.17) is 4.74 Å². The second-order valence-electron chi connectivity index (χ2n) is 9.83. The summed E-state index contributed by atoms with van der Waals surface area (Å²) >= 11 is 0. The zero-order valence-corrected chi connectivity index (χ0v) is 24.8. The molecule has 1 atom stereocenters. The molecule has 0 heterocycles. The fourth-order valence-corrected chi connectivity index (χ4v) is 6.17. The Morgan fingerprint density at radius 1 is 0.833 bits per heavy atom. The van der Waals surface area contributed by atoms with Gasteiger partial charge in [0.05, 0.1) is 17.7 Å². The van der Waals surface area contributed by atoms with Gasteiger partial charge in [-0.3, -0.25) is 13.9 Å². The van der Waals surface area contributed by atoms with E-state index in [1.807, 2.05) is 67.6 Å². The van der Waals surface area contributed by atoms with E-state index in [1.165, 1.54) is 31.2 Å². The molecule has 0 aliphatic rings. The summed E-state index contributed by atoms with van der Waals surface area (Å²) in [7, 11) is -1.24. The number of rotatable bonds is 12. The summed E-state index contributed by atoms with van der Waals surface area (Å²) in [6.45, 7) is 1.39. The van der Waals surface area contributed by atoms with Crippen LogP contribution in [0.15, 0.2) is 114 Å². The van der Waals surface area contributed by atoms with Crippen molar-refractivity contribution in [3.63, 3.8) is 0 Å². The summed E-state index contributed by atoms with van der Waals surface area (Å²) < 4.78 is 34.8. The molecule has 0 radical (unpaired) electrons. The van der Waals surface area contributed by atoms with Gasteiger partial charge in [0.15, 0.2) is 0 Å². The van der Waals surface area contributed by atoms with Gasteiger partial charge in [-0.05, 0) is 47.9 Å². The van der Waals surface area contributed by atoms with E-state index in [9.17, 15) is 18.0 Å². The van der Waals surface area contributed by atoms with Gasteiger partial charge in [0, 0.05) is 20.0 Å². The molecule has 1 N–H and O–H groups in total. The predicted octanol–water partition coefficient (Wildman–Crippen LogP) is 4.59. The Morgan fingerprint density at radius 2 is 1.40 bits per heavy atom. The van der Waals surface area contributed by atoms with Gasteiger partial charge in [-0.2, -0.15) is 0 Å². The number of aryl methyl sites for hydroxylation is 1. The average molecular weight is 586 g/mol. The highest BCUT2D eigenvalue weighted by atomic mass is 32.2. The van der Waals surface area contributed by atoms with Gasteiger partial charge in [-0.1, -0.05) is 84.9 Å². The second kappa shape index (κ2) is 13.8. The normalized spacial score (nSPS) is 11.8. The largest absolute Gasteiger partial charge is 0.495 e. The first-order valence-corrected chi connectivity index (χ1v) is 15.0. The van der Waals surface area contributed by atoms with Crippen molar-refractivity contribution < 1.29 is 22.7 Å². The molecule has 1 unspecified atom stereocenters. The molecular weight excluding hydrogens is 550 g/mol. The van der Waals surface area contributed by atoms with Gasteiger partial charge in [0.25, 0.3) is 10.0 Å². The van der Waals surface area contributed by atoms with E-state index in [-0.39, 0.29) is 29.5 Å². The lowest BCUT2D eigenvalue weighted by molar-refractivity contribution is -0.139. The van der Waals surface area contributed by atoms with Crippen molar-refractivity contribution >= 4 is 27.5 Å². The summed E-state index contributed by atoms with van der Waals surface area (Å²) in [5.41, 5.74) is 2.69. The molecule has 9 heteroatoms. The lowest BCUT2D eigenvalue weighted by atomic mass is 10.0. The molecule has 0 aromatic heterocycles. The molecule has 0 saturated carbocycles. The van der Waals surface area contributed by atoms with E-state index in [0.717, 1.165) is 21.0 Å². The number of benzene rings is 4. The maximum Gasteiger partial charge on any atom is 0.264 e. The molecule has 8 nitrogen and oxygen atoms in total. The van der Waals surface area contributed by atoms with Crippen molar-refractivity contribution in [1.82, 2.24) is 10.2 Å². The van der Waals surface area contributed by atoms with Crippen molar-refractivity contribution in [2.75, 3.05) is 25.0 Å². The number of carbonyl (C=O) groups excluding carboxylic acids is 2. The maximum absolute atomic E-state index is 14.3. The van der Waals surface area contributed by atoms with Gasteiger partial charge in [-0.25, -0.2) is 8.42 Å². The van der Waals surface area contributed by atoms with Gasteiger partial charge in [-0.15, -0.1) is 0 Å². The third-order valence-corrected chi connectivity index (χ3v) is 8.70. The van der Waals surface area contributed by atoms with Crippen LogP contribution in [0.1, 0.15) is 16.7 Å². The summed E-state index contributed by atoms with van der Waals surface area (Å²) in [4.78, 5) is 29.1. The molecular formula is C33H35N3O5S. The molecule has 0 spiro atoms. The number of ether oxygens (including phenoxy) is 1. The minimum Gasteiger partial charge on any atom is -0.495 e. The Balaban J connectivity index is 1.82. The lowest BCUT2D eigenvalue weighted by Gasteiger charge is -2.34. The zero-order chi connectivity index (χ0) is 30.1. The van der Waals surface area contributed by atoms with Crippen LogP contribution < -0.4 is 14.4 Å². The van der Waals surface area contributed by atoms with E-state index in [0.29, 0.717) is 5.75 Å². The maximum atomic E-state index is 14.3. The molecule has 0 bridgehead atoms. The Hall–Kier alpha value is -4.63. The number of anilines is 1. The minimum absolute atomic E-state index is 0.0307. The fourth-order valence-electron chi connectivity index (χ4n) is 4.73. The SMILES string of the molecule is CNC(=O)C(Cc1ccccc1)N(Cc1ccccc1)C(=O)CN(c1cc(C)ccc1OC)S(=O)(=O)c1ccccc1. The van der Waals surface area contributed by atoms with E-state index in [1.54, 1.807) is 36.4 Å². The third kappa shape index (κ3) is 7.16. The van der Waals surface area contributed by atoms with Crippen molar-refractivity contribution in [2.45, 2.75) is 30.8 Å². The van der Waals surface area contributed by atoms with Crippen LogP contribution in [0.5, 0.6) is 5.75 Å². The zero-order valence-electron chi connectivity index (χ0n) is 23.9. The first-order valence-electron chi connectivity index (χ1n) is 13.6. The number of sulfonamides is 1. The number of hydrogen-bond acceptors (Lipinski definition) is 5. The van der Waals surface area contributed by atoms with Crippen LogP contribution in [0.25, 0.3) is 0 Å². The van der Waals surface area contributed by atoms with Crippen LogP contribution in [0.4, 0.5) is 5.69 Å². The predicted molar refractivity (Wildman–Crippen MR) is 164 cm³/mol. The van der Waals surface area contributed by atoms with Gasteiger partial charge in [0.1, 0.15) is 18.3 Å². The van der Waals surface area contributed by atoms with Crippen LogP contribution in [-0.2, 0) is 32.6 Å². The van der Waals surface area contributed by atoms with Gasteiger partial charge < -0.3 is 15.0 Å². The highest BCUT2D eigenvalue weighted by Gasteiger charge is 2.35. The molecule has 0 aliphatic heterocycles. The Labute approximate surface area is 247 Å². The van der Waals surface area contributed by atoms with Crippen molar-refractivity contribution in [1.29, 1.82) is 0 Å². The van der Waals surface area contributed by atoms with E-state index in [2.05, 4.69) is 5.32 Å². The number of carbonyl (C=O) groups is 2. The number of likely N-dealkylation sites (N-methyl/N-ethyl adjacent to an activating group) is 1. The third-order valence-electron chi connectivity index (χ3n) is 6.93. The monoisotopic (exact) mass is 585 g/mol. The van der Waals surface area contributed by atoms with Crippen molar-refractivity contribution in [3.8, 4) is 5.75 Å². The first-order chi connectivity index (χ1) is 20.2. The Morgan fingerprint density at radius 3 is 1.98 bits per heavy atom. The molecule has 0 saturated heterocycles. The molecule has 0 fully saturated rings. The van der Waals surface area contributed by atoms with Gasteiger partial charge in [0.2, 0.25) is 11.8 Å². The summed E-state index contributed by atoms with van der Waals surface area (Å²) in [5, 5.41) is 2.69. The van der Waals surface area contributed by atoms with Gasteiger partial charge >= 0.3 is 0 Å². The average Bonchev–Trinajstić information content (AvgIpc) is 3.02. The quantitative estimate of drug-likeness (QED) is 0.263. The van der Waals surface area contributed by atoms with Crippen molar-refractivity contribution in [3.05, 3.63) is 126 Å². The Bertz CT molecular complexity index is 1600. The van der Waals surface area contributed by atoms with E-state index < -0.39 is 28.5 Å². The number of nitrogens with zero attached hydrogens (tertiary/aromatic N) is 2. The lowest BCUT2D eigenvalue weighted by Crippen LogP contribution is -2.53. The molecule has 2 amide bonds. The topological polar surface area (TPSA) is 96.0 Å².